The number of amides is 2. The number of rotatable bonds is 6. The SMILES string of the molecule is CC(C)[C@@H](C=O)NC(=O)C1(NC(=O)C2CC=CN2)CCCCC1. The first-order valence-corrected chi connectivity index (χ1v) is 8.48. The fourth-order valence-electron chi connectivity index (χ4n) is 3.17. The molecule has 0 radical (unpaired) electrons. The third-order valence-corrected chi connectivity index (χ3v) is 4.77. The van der Waals surface area contributed by atoms with Crippen LogP contribution in [-0.2, 0) is 14.4 Å². The fourth-order valence-corrected chi connectivity index (χ4v) is 3.17. The van der Waals surface area contributed by atoms with Crippen LogP contribution < -0.4 is 16.0 Å². The average Bonchev–Trinajstić information content (AvgIpc) is 3.07. The van der Waals surface area contributed by atoms with Crippen LogP contribution in [0.25, 0.3) is 0 Å². The third kappa shape index (κ3) is 4.12. The molecule has 2 amide bonds. The predicted octanol–water partition coefficient (Wildman–Crippen LogP) is 1.02. The molecule has 2 atom stereocenters. The zero-order valence-electron chi connectivity index (χ0n) is 13.9. The van der Waals surface area contributed by atoms with Crippen molar-refractivity contribution in [1.29, 1.82) is 0 Å². The highest BCUT2D eigenvalue weighted by atomic mass is 16.2. The molecule has 0 saturated heterocycles. The largest absolute Gasteiger partial charge is 0.380 e. The lowest BCUT2D eigenvalue weighted by atomic mass is 9.80. The van der Waals surface area contributed by atoms with Gasteiger partial charge in [0.05, 0.1) is 6.04 Å². The monoisotopic (exact) mass is 321 g/mol. The maximum absolute atomic E-state index is 12.8. The van der Waals surface area contributed by atoms with Gasteiger partial charge in [0.1, 0.15) is 17.9 Å². The van der Waals surface area contributed by atoms with E-state index in [1.54, 1.807) is 6.20 Å². The van der Waals surface area contributed by atoms with Crippen LogP contribution in [0.15, 0.2) is 12.3 Å². The van der Waals surface area contributed by atoms with Gasteiger partial charge < -0.3 is 20.7 Å². The van der Waals surface area contributed by atoms with Gasteiger partial charge in [0, 0.05) is 0 Å². The van der Waals surface area contributed by atoms with E-state index in [-0.39, 0.29) is 23.8 Å². The highest BCUT2D eigenvalue weighted by Crippen LogP contribution is 2.29. The van der Waals surface area contributed by atoms with Crippen LogP contribution in [0.4, 0.5) is 0 Å². The summed E-state index contributed by atoms with van der Waals surface area (Å²) in [7, 11) is 0. The summed E-state index contributed by atoms with van der Waals surface area (Å²) in [4.78, 5) is 36.5. The molecule has 0 aromatic rings. The van der Waals surface area contributed by atoms with Crippen molar-refractivity contribution in [3.05, 3.63) is 12.3 Å². The molecule has 3 N–H and O–H groups in total. The Morgan fingerprint density at radius 2 is 1.96 bits per heavy atom. The van der Waals surface area contributed by atoms with Gasteiger partial charge in [-0.2, -0.15) is 0 Å². The van der Waals surface area contributed by atoms with Crippen molar-refractivity contribution in [2.24, 2.45) is 5.92 Å². The normalized spacial score (nSPS) is 23.9. The maximum atomic E-state index is 12.8. The van der Waals surface area contributed by atoms with Crippen LogP contribution in [-0.4, -0.2) is 35.7 Å². The number of aldehydes is 1. The van der Waals surface area contributed by atoms with Gasteiger partial charge in [-0.1, -0.05) is 39.2 Å². The maximum Gasteiger partial charge on any atom is 0.246 e. The molecular weight excluding hydrogens is 294 g/mol. The molecule has 6 heteroatoms. The molecule has 0 bridgehead atoms. The molecule has 1 heterocycles. The minimum absolute atomic E-state index is 0.0218. The molecule has 0 aromatic heterocycles. The molecule has 1 aliphatic carbocycles. The first kappa shape index (κ1) is 17.5. The summed E-state index contributed by atoms with van der Waals surface area (Å²) in [5, 5.41) is 8.78. The Balaban J connectivity index is 2.09. The summed E-state index contributed by atoms with van der Waals surface area (Å²) in [5.41, 5.74) is -0.893. The first-order valence-electron chi connectivity index (χ1n) is 8.48. The van der Waals surface area contributed by atoms with E-state index in [1.165, 1.54) is 0 Å². The van der Waals surface area contributed by atoms with E-state index in [0.717, 1.165) is 25.5 Å². The Hall–Kier alpha value is -1.85. The van der Waals surface area contributed by atoms with Crippen molar-refractivity contribution >= 4 is 18.1 Å². The minimum atomic E-state index is -0.893. The minimum Gasteiger partial charge on any atom is -0.380 e. The Bertz CT molecular complexity index is 473. The summed E-state index contributed by atoms with van der Waals surface area (Å²) in [5.74, 6) is -0.366. The lowest BCUT2D eigenvalue weighted by Crippen LogP contribution is -2.63. The number of hydrogen-bond acceptors (Lipinski definition) is 4. The predicted molar refractivity (Wildman–Crippen MR) is 87.5 cm³/mol. The lowest BCUT2D eigenvalue weighted by Gasteiger charge is -2.38. The molecule has 128 valence electrons. The van der Waals surface area contributed by atoms with E-state index in [0.29, 0.717) is 19.3 Å². The topological polar surface area (TPSA) is 87.3 Å². The third-order valence-electron chi connectivity index (χ3n) is 4.77. The van der Waals surface area contributed by atoms with Gasteiger partial charge in [-0.15, -0.1) is 0 Å². The van der Waals surface area contributed by atoms with Gasteiger partial charge in [-0.25, -0.2) is 0 Å². The van der Waals surface area contributed by atoms with Crippen molar-refractivity contribution in [3.8, 4) is 0 Å². The van der Waals surface area contributed by atoms with Crippen LogP contribution in [0.5, 0.6) is 0 Å². The number of nitrogens with one attached hydrogen (secondary N) is 3. The second-order valence-corrected chi connectivity index (χ2v) is 6.87. The highest BCUT2D eigenvalue weighted by molar-refractivity contribution is 5.94. The second-order valence-electron chi connectivity index (χ2n) is 6.87. The van der Waals surface area contributed by atoms with Gasteiger partial charge in [0.25, 0.3) is 0 Å². The zero-order chi connectivity index (χ0) is 16.9. The lowest BCUT2D eigenvalue weighted by molar-refractivity contribution is -0.137. The molecule has 1 fully saturated rings. The number of carbonyl (C=O) groups is 3. The molecule has 1 saturated carbocycles. The van der Waals surface area contributed by atoms with E-state index in [4.69, 9.17) is 0 Å². The van der Waals surface area contributed by atoms with Gasteiger partial charge in [0.15, 0.2) is 0 Å². The first-order chi connectivity index (χ1) is 11.0. The molecule has 23 heavy (non-hydrogen) atoms. The van der Waals surface area contributed by atoms with E-state index in [9.17, 15) is 14.4 Å². The van der Waals surface area contributed by atoms with E-state index >= 15 is 0 Å². The van der Waals surface area contributed by atoms with Crippen molar-refractivity contribution in [2.45, 2.75) is 70.0 Å². The van der Waals surface area contributed by atoms with Crippen LogP contribution in [0.3, 0.4) is 0 Å². The average molecular weight is 321 g/mol. The van der Waals surface area contributed by atoms with Crippen molar-refractivity contribution < 1.29 is 14.4 Å². The van der Waals surface area contributed by atoms with Crippen LogP contribution in [0.2, 0.25) is 0 Å². The van der Waals surface area contributed by atoms with Gasteiger partial charge in [-0.05, 0) is 31.4 Å². The van der Waals surface area contributed by atoms with Crippen molar-refractivity contribution in [3.63, 3.8) is 0 Å². The van der Waals surface area contributed by atoms with E-state index < -0.39 is 11.6 Å². The summed E-state index contributed by atoms with van der Waals surface area (Å²) >= 11 is 0. The second kappa shape index (κ2) is 7.62. The Morgan fingerprint density at radius 3 is 2.48 bits per heavy atom. The molecule has 2 aliphatic rings. The Morgan fingerprint density at radius 1 is 1.26 bits per heavy atom. The van der Waals surface area contributed by atoms with E-state index in [1.807, 2.05) is 19.9 Å². The standard InChI is InChI=1S/C17H27N3O3/c1-12(2)14(11-21)19-16(23)17(8-4-3-5-9-17)20-15(22)13-7-6-10-18-13/h6,10-14,18H,3-5,7-9H2,1-2H3,(H,19,23)(H,20,22)/t13?,14-/m1/s1. The molecular formula is C17H27N3O3. The zero-order valence-corrected chi connectivity index (χ0v) is 13.9. The Kier molecular flexibility index (Phi) is 5.80. The molecule has 0 spiro atoms. The van der Waals surface area contributed by atoms with Gasteiger partial charge >= 0.3 is 0 Å². The molecule has 0 aromatic carbocycles. The highest BCUT2D eigenvalue weighted by Gasteiger charge is 2.42. The molecule has 2 rings (SSSR count). The summed E-state index contributed by atoms with van der Waals surface area (Å²) < 4.78 is 0. The summed E-state index contributed by atoms with van der Waals surface area (Å²) in [6, 6.07) is -0.835. The van der Waals surface area contributed by atoms with Crippen LogP contribution in [0.1, 0.15) is 52.4 Å². The van der Waals surface area contributed by atoms with Crippen molar-refractivity contribution in [2.75, 3.05) is 0 Å². The Labute approximate surface area is 137 Å². The molecule has 1 aliphatic heterocycles. The van der Waals surface area contributed by atoms with Gasteiger partial charge in [-0.3, -0.25) is 9.59 Å². The van der Waals surface area contributed by atoms with Crippen molar-refractivity contribution in [1.82, 2.24) is 16.0 Å². The van der Waals surface area contributed by atoms with Gasteiger partial charge in [0.2, 0.25) is 11.8 Å². The van der Waals surface area contributed by atoms with Crippen LogP contribution >= 0.6 is 0 Å². The quantitative estimate of drug-likeness (QED) is 0.638. The number of hydrogen-bond donors (Lipinski definition) is 3. The van der Waals surface area contributed by atoms with Crippen LogP contribution in [0, 0.1) is 5.92 Å². The van der Waals surface area contributed by atoms with E-state index in [2.05, 4.69) is 16.0 Å². The smallest absolute Gasteiger partial charge is 0.246 e. The number of carbonyl (C=O) groups excluding carboxylic acids is 3. The summed E-state index contributed by atoms with van der Waals surface area (Å²) in [6.45, 7) is 3.78. The molecule has 6 nitrogen and oxygen atoms in total. The fraction of sp³-hybridized carbons (Fsp3) is 0.706. The molecule has 1 unspecified atom stereocenters. The summed E-state index contributed by atoms with van der Waals surface area (Å²) in [6.07, 6.45) is 9.17.